The Morgan fingerprint density at radius 1 is 1.18 bits per heavy atom. The number of Topliss-reactive ketones (excluding diaryl/α,β-unsaturated/α-hetero) is 1. The average Bonchev–Trinajstić information content (AvgIpc) is 2.46. The molecule has 0 radical (unpaired) electrons. The van der Waals surface area contributed by atoms with E-state index in [-0.39, 0.29) is 24.5 Å². The third-order valence-electron chi connectivity index (χ3n) is 3.57. The summed E-state index contributed by atoms with van der Waals surface area (Å²) in [7, 11) is 0. The second-order valence-corrected chi connectivity index (χ2v) is 5.75. The molecule has 22 heavy (non-hydrogen) atoms. The zero-order valence-corrected chi connectivity index (χ0v) is 12.7. The van der Waals surface area contributed by atoms with Crippen LogP contribution in [0.3, 0.4) is 0 Å². The van der Waals surface area contributed by atoms with E-state index in [1.54, 1.807) is 6.92 Å². The Hall–Kier alpha value is -1.76. The van der Waals surface area contributed by atoms with Gasteiger partial charge < -0.3 is 21.7 Å². The maximum absolute atomic E-state index is 12.0. The second-order valence-electron chi connectivity index (χ2n) is 5.75. The van der Waals surface area contributed by atoms with E-state index in [1.165, 1.54) is 0 Å². The topological polar surface area (TPSA) is 127 Å². The van der Waals surface area contributed by atoms with Gasteiger partial charge in [0.15, 0.2) is 5.78 Å². The number of hydrogen-bond acceptors (Lipinski definition) is 5. The molecule has 1 aromatic rings. The molecule has 0 amide bonds. The molecule has 0 aliphatic carbocycles. The molecule has 0 bridgehead atoms. The third-order valence-corrected chi connectivity index (χ3v) is 3.57. The number of carbonyl (C=O) groups is 2. The summed E-state index contributed by atoms with van der Waals surface area (Å²) in [6.07, 6.45) is -0.618. The van der Waals surface area contributed by atoms with Gasteiger partial charge in [-0.1, -0.05) is 37.3 Å². The van der Waals surface area contributed by atoms with Crippen LogP contribution >= 0.6 is 0 Å². The molecular formula is C16H24N2O4. The quantitative estimate of drug-likeness (QED) is 0.520. The van der Waals surface area contributed by atoms with Crippen molar-refractivity contribution in [2.24, 2.45) is 17.4 Å². The lowest BCUT2D eigenvalue weighted by Gasteiger charge is -2.20. The van der Waals surface area contributed by atoms with Gasteiger partial charge >= 0.3 is 5.97 Å². The number of aliphatic hydroxyl groups is 1. The first-order valence-corrected chi connectivity index (χ1v) is 7.30. The molecular weight excluding hydrogens is 284 g/mol. The van der Waals surface area contributed by atoms with Crippen LogP contribution in [-0.4, -0.2) is 40.2 Å². The minimum absolute atomic E-state index is 0.0602. The molecule has 0 fully saturated rings. The van der Waals surface area contributed by atoms with Gasteiger partial charge in [-0.15, -0.1) is 0 Å². The molecule has 2 unspecified atom stereocenters. The smallest absolute Gasteiger partial charge is 0.320 e. The molecule has 0 aliphatic rings. The summed E-state index contributed by atoms with van der Waals surface area (Å²) in [4.78, 5) is 22.7. The number of aliphatic hydroxyl groups excluding tert-OH is 1. The van der Waals surface area contributed by atoms with Gasteiger partial charge in [0.1, 0.15) is 12.1 Å². The molecule has 0 aromatic heterocycles. The first-order chi connectivity index (χ1) is 10.3. The van der Waals surface area contributed by atoms with Crippen LogP contribution in [0.2, 0.25) is 0 Å². The largest absolute Gasteiger partial charge is 0.480 e. The Bertz CT molecular complexity index is 492. The Balaban J connectivity index is 2.48. The van der Waals surface area contributed by atoms with Crippen molar-refractivity contribution in [3.8, 4) is 0 Å². The molecule has 0 saturated carbocycles. The number of carboxylic acid groups (broad SMARTS) is 1. The molecule has 6 N–H and O–H groups in total. The van der Waals surface area contributed by atoms with Gasteiger partial charge in [-0.2, -0.15) is 0 Å². The molecule has 122 valence electrons. The Labute approximate surface area is 130 Å². The zero-order valence-electron chi connectivity index (χ0n) is 12.7. The summed E-state index contributed by atoms with van der Waals surface area (Å²) in [5, 5.41) is 18.8. The zero-order chi connectivity index (χ0) is 16.7. The molecule has 0 saturated heterocycles. The Morgan fingerprint density at radius 2 is 1.77 bits per heavy atom. The highest BCUT2D eigenvalue weighted by atomic mass is 16.4. The summed E-state index contributed by atoms with van der Waals surface area (Å²) in [6, 6.07) is 7.69. The first kappa shape index (κ1) is 18.3. The predicted octanol–water partition coefficient (Wildman–Crippen LogP) is 0.315. The SMILES string of the molecule is CC(CC(=O)[C@H](O)C(N)Cc1ccccc1)C[C@H](N)C(=O)O. The van der Waals surface area contributed by atoms with Crippen LogP contribution in [0.5, 0.6) is 0 Å². The van der Waals surface area contributed by atoms with Crippen molar-refractivity contribution in [3.05, 3.63) is 35.9 Å². The van der Waals surface area contributed by atoms with Crippen LogP contribution in [0.4, 0.5) is 0 Å². The molecule has 4 atom stereocenters. The van der Waals surface area contributed by atoms with Crippen molar-refractivity contribution >= 4 is 11.8 Å². The van der Waals surface area contributed by atoms with E-state index >= 15 is 0 Å². The number of aliphatic carboxylic acids is 1. The van der Waals surface area contributed by atoms with Crippen LogP contribution in [0, 0.1) is 5.92 Å². The van der Waals surface area contributed by atoms with E-state index in [2.05, 4.69) is 0 Å². The van der Waals surface area contributed by atoms with Gasteiger partial charge in [-0.25, -0.2) is 0 Å². The van der Waals surface area contributed by atoms with E-state index in [0.29, 0.717) is 6.42 Å². The minimum atomic E-state index is -1.26. The predicted molar refractivity (Wildman–Crippen MR) is 83.1 cm³/mol. The van der Waals surface area contributed by atoms with Crippen molar-refractivity contribution in [1.29, 1.82) is 0 Å². The first-order valence-electron chi connectivity index (χ1n) is 7.30. The molecule has 6 nitrogen and oxygen atoms in total. The lowest BCUT2D eigenvalue weighted by molar-refractivity contribution is -0.139. The van der Waals surface area contributed by atoms with Gasteiger partial charge in [0.05, 0.1) is 0 Å². The standard InChI is InChI=1S/C16H24N2O4/c1-10(7-13(18)16(21)22)8-14(19)15(20)12(17)9-11-5-3-2-4-6-11/h2-6,10,12-13,15,20H,7-9,17-18H2,1H3,(H,21,22)/t10?,12?,13-,15+/m0/s1. The number of hydrogen-bond donors (Lipinski definition) is 4. The maximum Gasteiger partial charge on any atom is 0.320 e. The van der Waals surface area contributed by atoms with Crippen LogP contribution in [-0.2, 0) is 16.0 Å². The van der Waals surface area contributed by atoms with E-state index in [9.17, 15) is 14.7 Å². The molecule has 0 heterocycles. The van der Waals surface area contributed by atoms with Crippen molar-refractivity contribution in [1.82, 2.24) is 0 Å². The fourth-order valence-electron chi connectivity index (χ4n) is 2.32. The molecule has 0 aliphatic heterocycles. The molecule has 1 aromatic carbocycles. The number of ketones is 1. The third kappa shape index (κ3) is 5.93. The summed E-state index contributed by atoms with van der Waals surface area (Å²) in [6.45, 7) is 1.73. The average molecular weight is 308 g/mol. The van der Waals surface area contributed by atoms with Gasteiger partial charge in [0.2, 0.25) is 0 Å². The highest BCUT2D eigenvalue weighted by Crippen LogP contribution is 2.14. The van der Waals surface area contributed by atoms with Crippen LogP contribution in [0.15, 0.2) is 30.3 Å². The highest BCUT2D eigenvalue weighted by molar-refractivity contribution is 5.84. The van der Waals surface area contributed by atoms with Crippen LogP contribution in [0.25, 0.3) is 0 Å². The van der Waals surface area contributed by atoms with Crippen molar-refractivity contribution < 1.29 is 19.8 Å². The van der Waals surface area contributed by atoms with Crippen LogP contribution < -0.4 is 11.5 Å². The molecule has 6 heteroatoms. The number of carbonyl (C=O) groups excluding carboxylic acids is 1. The fraction of sp³-hybridized carbons (Fsp3) is 0.500. The maximum atomic E-state index is 12.0. The number of benzene rings is 1. The number of rotatable bonds is 9. The Morgan fingerprint density at radius 3 is 2.32 bits per heavy atom. The number of nitrogens with two attached hydrogens (primary N) is 2. The normalized spacial score (nSPS) is 16.5. The van der Waals surface area contributed by atoms with Gasteiger partial charge in [-0.3, -0.25) is 9.59 Å². The Kier molecular flexibility index (Phi) is 7.17. The van der Waals surface area contributed by atoms with E-state index < -0.39 is 24.2 Å². The van der Waals surface area contributed by atoms with Gasteiger partial charge in [0, 0.05) is 12.5 Å². The minimum Gasteiger partial charge on any atom is -0.480 e. The summed E-state index contributed by atoms with van der Waals surface area (Å²) in [5.41, 5.74) is 12.3. The summed E-state index contributed by atoms with van der Waals surface area (Å²) in [5.74, 6) is -1.70. The highest BCUT2D eigenvalue weighted by Gasteiger charge is 2.25. The van der Waals surface area contributed by atoms with E-state index in [0.717, 1.165) is 5.56 Å². The summed E-state index contributed by atoms with van der Waals surface area (Å²) >= 11 is 0. The van der Waals surface area contributed by atoms with Crippen LogP contribution in [0.1, 0.15) is 25.3 Å². The van der Waals surface area contributed by atoms with E-state index in [4.69, 9.17) is 16.6 Å². The summed E-state index contributed by atoms with van der Waals surface area (Å²) < 4.78 is 0. The van der Waals surface area contributed by atoms with Crippen molar-refractivity contribution in [3.63, 3.8) is 0 Å². The fourth-order valence-corrected chi connectivity index (χ4v) is 2.32. The lowest BCUT2D eigenvalue weighted by atomic mass is 9.91. The van der Waals surface area contributed by atoms with Gasteiger partial charge in [-0.05, 0) is 24.3 Å². The lowest BCUT2D eigenvalue weighted by Crippen LogP contribution is -2.43. The van der Waals surface area contributed by atoms with Gasteiger partial charge in [0.25, 0.3) is 0 Å². The van der Waals surface area contributed by atoms with Crippen molar-refractivity contribution in [2.75, 3.05) is 0 Å². The second kappa shape index (κ2) is 8.63. The van der Waals surface area contributed by atoms with Crippen molar-refractivity contribution in [2.45, 2.75) is 44.4 Å². The van der Waals surface area contributed by atoms with E-state index in [1.807, 2.05) is 30.3 Å². The monoisotopic (exact) mass is 308 g/mol. The molecule has 0 spiro atoms. The molecule has 1 rings (SSSR count). The number of carboxylic acids is 1.